The minimum atomic E-state index is -0.610. The van der Waals surface area contributed by atoms with Gasteiger partial charge in [0.25, 0.3) is 0 Å². The summed E-state index contributed by atoms with van der Waals surface area (Å²) in [5.74, 6) is 0.540. The zero-order chi connectivity index (χ0) is 16.9. The van der Waals surface area contributed by atoms with E-state index in [1.807, 2.05) is 24.3 Å². The van der Waals surface area contributed by atoms with Crippen LogP contribution in [-0.4, -0.2) is 55.9 Å². The van der Waals surface area contributed by atoms with Gasteiger partial charge in [-0.25, -0.2) is 4.79 Å². The highest BCUT2D eigenvalue weighted by Crippen LogP contribution is 2.19. The van der Waals surface area contributed by atoms with Crippen LogP contribution < -0.4 is 10.1 Å². The summed E-state index contributed by atoms with van der Waals surface area (Å²) in [6.45, 7) is 1.61. The summed E-state index contributed by atoms with van der Waals surface area (Å²) < 4.78 is 15.7. The van der Waals surface area contributed by atoms with E-state index < -0.39 is 12.1 Å². The summed E-state index contributed by atoms with van der Waals surface area (Å²) >= 11 is 0. The Kier molecular flexibility index (Phi) is 5.20. The standard InChI is InChI=1S/C17H22N2O5/c1-22-13-6-4-12(5-7-13)10-19-15(11-24-17(19)21)16(20)18-9-14-3-2-8-23-14/h4-7,14-15H,2-3,8-11H2,1H3,(H,18,20)/t14?,15-/m0/s1. The molecule has 0 saturated carbocycles. The molecular formula is C17H22N2O5. The minimum absolute atomic E-state index is 0.0713. The second-order valence-electron chi connectivity index (χ2n) is 5.95. The topological polar surface area (TPSA) is 77.1 Å². The molecule has 24 heavy (non-hydrogen) atoms. The van der Waals surface area contributed by atoms with Crippen molar-refractivity contribution in [1.82, 2.24) is 10.2 Å². The number of rotatable bonds is 6. The molecule has 1 N–H and O–H groups in total. The average molecular weight is 334 g/mol. The molecule has 1 aromatic carbocycles. The number of nitrogens with zero attached hydrogens (tertiary/aromatic N) is 1. The molecule has 2 heterocycles. The molecule has 2 atom stereocenters. The number of hydrogen-bond donors (Lipinski definition) is 1. The number of ether oxygens (including phenoxy) is 3. The van der Waals surface area contributed by atoms with E-state index in [1.54, 1.807) is 7.11 Å². The van der Waals surface area contributed by atoms with Crippen LogP contribution in [0.3, 0.4) is 0 Å². The first-order valence-electron chi connectivity index (χ1n) is 8.13. The summed E-state index contributed by atoms with van der Waals surface area (Å²) in [7, 11) is 1.60. The minimum Gasteiger partial charge on any atom is -0.497 e. The first kappa shape index (κ1) is 16.6. The molecule has 2 saturated heterocycles. The smallest absolute Gasteiger partial charge is 0.410 e. The third kappa shape index (κ3) is 3.79. The molecule has 0 aromatic heterocycles. The van der Waals surface area contributed by atoms with E-state index in [4.69, 9.17) is 14.2 Å². The van der Waals surface area contributed by atoms with E-state index >= 15 is 0 Å². The van der Waals surface area contributed by atoms with Crippen molar-refractivity contribution in [2.24, 2.45) is 0 Å². The number of carbonyl (C=O) groups is 2. The van der Waals surface area contributed by atoms with E-state index in [-0.39, 0.29) is 18.6 Å². The summed E-state index contributed by atoms with van der Waals surface area (Å²) in [4.78, 5) is 25.8. The highest BCUT2D eigenvalue weighted by Gasteiger charge is 2.38. The van der Waals surface area contributed by atoms with Gasteiger partial charge in [0.15, 0.2) is 0 Å². The van der Waals surface area contributed by atoms with Crippen LogP contribution in [-0.2, 0) is 20.8 Å². The number of carbonyl (C=O) groups excluding carboxylic acids is 2. The van der Waals surface area contributed by atoms with Crippen molar-refractivity contribution in [3.63, 3.8) is 0 Å². The van der Waals surface area contributed by atoms with Crippen molar-refractivity contribution >= 4 is 12.0 Å². The molecule has 7 heteroatoms. The highest BCUT2D eigenvalue weighted by atomic mass is 16.6. The van der Waals surface area contributed by atoms with Crippen LogP contribution in [0.4, 0.5) is 4.79 Å². The molecule has 1 unspecified atom stereocenters. The van der Waals surface area contributed by atoms with Gasteiger partial charge in [-0.3, -0.25) is 9.69 Å². The van der Waals surface area contributed by atoms with Gasteiger partial charge in [0.1, 0.15) is 18.4 Å². The van der Waals surface area contributed by atoms with Gasteiger partial charge in [-0.15, -0.1) is 0 Å². The Hall–Kier alpha value is -2.28. The lowest BCUT2D eigenvalue weighted by Gasteiger charge is -2.21. The van der Waals surface area contributed by atoms with Crippen LogP contribution in [0.25, 0.3) is 0 Å². The van der Waals surface area contributed by atoms with E-state index in [2.05, 4.69) is 5.32 Å². The Labute approximate surface area is 140 Å². The van der Waals surface area contributed by atoms with Crippen molar-refractivity contribution in [2.45, 2.75) is 31.5 Å². The Morgan fingerprint density at radius 1 is 1.38 bits per heavy atom. The number of amides is 2. The molecule has 2 amide bonds. The van der Waals surface area contributed by atoms with Gasteiger partial charge in [0.2, 0.25) is 5.91 Å². The number of cyclic esters (lactones) is 1. The Bertz CT molecular complexity index is 583. The molecule has 0 radical (unpaired) electrons. The maximum atomic E-state index is 12.4. The maximum Gasteiger partial charge on any atom is 0.410 e. The predicted molar refractivity (Wildman–Crippen MR) is 85.7 cm³/mol. The van der Waals surface area contributed by atoms with Gasteiger partial charge in [-0.05, 0) is 30.5 Å². The van der Waals surface area contributed by atoms with Crippen LogP contribution in [0.15, 0.2) is 24.3 Å². The van der Waals surface area contributed by atoms with Crippen LogP contribution in [0.5, 0.6) is 5.75 Å². The normalized spacial score (nSPS) is 23.2. The molecule has 2 aliphatic rings. The number of methoxy groups -OCH3 is 1. The average Bonchev–Trinajstić information content (AvgIpc) is 3.24. The predicted octanol–water partition coefficient (Wildman–Crippen LogP) is 1.31. The maximum absolute atomic E-state index is 12.4. The molecular weight excluding hydrogens is 312 g/mol. The fourth-order valence-electron chi connectivity index (χ4n) is 2.91. The van der Waals surface area contributed by atoms with Gasteiger partial charge in [-0.1, -0.05) is 12.1 Å². The third-order valence-corrected chi connectivity index (χ3v) is 4.32. The van der Waals surface area contributed by atoms with E-state index in [1.165, 1.54) is 4.90 Å². The Balaban J connectivity index is 1.59. The summed E-state index contributed by atoms with van der Waals surface area (Å²) in [6, 6.07) is 6.77. The second-order valence-corrected chi connectivity index (χ2v) is 5.95. The van der Waals surface area contributed by atoms with Gasteiger partial charge in [0.05, 0.1) is 19.8 Å². The molecule has 0 spiro atoms. The lowest BCUT2D eigenvalue weighted by Crippen LogP contribution is -2.47. The molecule has 0 aliphatic carbocycles. The fraction of sp³-hybridized carbons (Fsp3) is 0.529. The van der Waals surface area contributed by atoms with E-state index in [0.717, 1.165) is 30.8 Å². The number of benzene rings is 1. The van der Waals surface area contributed by atoms with E-state index in [9.17, 15) is 9.59 Å². The van der Waals surface area contributed by atoms with Crippen LogP contribution in [0.1, 0.15) is 18.4 Å². The van der Waals surface area contributed by atoms with Gasteiger partial charge >= 0.3 is 6.09 Å². The SMILES string of the molecule is COc1ccc(CN2C(=O)OC[C@H]2C(=O)NCC2CCCO2)cc1. The Morgan fingerprint density at radius 3 is 2.83 bits per heavy atom. The van der Waals surface area contributed by atoms with Crippen molar-refractivity contribution in [1.29, 1.82) is 0 Å². The zero-order valence-electron chi connectivity index (χ0n) is 13.7. The third-order valence-electron chi connectivity index (χ3n) is 4.32. The summed E-state index contributed by atoms with van der Waals surface area (Å²) in [5.41, 5.74) is 0.909. The van der Waals surface area contributed by atoms with Gasteiger partial charge < -0.3 is 19.5 Å². The fourth-order valence-corrected chi connectivity index (χ4v) is 2.91. The monoisotopic (exact) mass is 334 g/mol. The molecule has 1 aromatic rings. The first-order valence-corrected chi connectivity index (χ1v) is 8.13. The lowest BCUT2D eigenvalue weighted by atomic mass is 10.1. The summed E-state index contributed by atoms with van der Waals surface area (Å²) in [6.07, 6.45) is 1.58. The quantitative estimate of drug-likeness (QED) is 0.849. The largest absolute Gasteiger partial charge is 0.497 e. The molecule has 3 rings (SSSR count). The molecule has 0 bridgehead atoms. The van der Waals surface area contributed by atoms with Crippen LogP contribution in [0.2, 0.25) is 0 Å². The van der Waals surface area contributed by atoms with Crippen molar-refractivity contribution in [3.05, 3.63) is 29.8 Å². The van der Waals surface area contributed by atoms with Crippen LogP contribution >= 0.6 is 0 Å². The number of hydrogen-bond acceptors (Lipinski definition) is 5. The van der Waals surface area contributed by atoms with Crippen molar-refractivity contribution in [3.8, 4) is 5.75 Å². The van der Waals surface area contributed by atoms with Crippen molar-refractivity contribution < 1.29 is 23.8 Å². The van der Waals surface area contributed by atoms with E-state index in [0.29, 0.717) is 13.1 Å². The zero-order valence-corrected chi connectivity index (χ0v) is 13.7. The summed E-state index contributed by atoms with van der Waals surface area (Å²) in [5, 5.41) is 2.86. The molecule has 2 fully saturated rings. The highest BCUT2D eigenvalue weighted by molar-refractivity contribution is 5.87. The second kappa shape index (κ2) is 7.53. The van der Waals surface area contributed by atoms with Crippen LogP contribution in [0, 0.1) is 0 Å². The molecule has 130 valence electrons. The van der Waals surface area contributed by atoms with Gasteiger partial charge in [0, 0.05) is 13.2 Å². The first-order chi connectivity index (χ1) is 11.7. The lowest BCUT2D eigenvalue weighted by molar-refractivity contribution is -0.125. The van der Waals surface area contributed by atoms with Crippen molar-refractivity contribution in [2.75, 3.05) is 26.9 Å². The molecule has 2 aliphatic heterocycles. The number of nitrogens with one attached hydrogen (secondary N) is 1. The van der Waals surface area contributed by atoms with Gasteiger partial charge in [-0.2, -0.15) is 0 Å². The Morgan fingerprint density at radius 2 is 2.17 bits per heavy atom. The molecule has 7 nitrogen and oxygen atoms in total.